The summed E-state index contributed by atoms with van der Waals surface area (Å²) < 4.78 is 0. The maximum atomic E-state index is 11.4. The molecule has 1 fully saturated rings. The highest BCUT2D eigenvalue weighted by molar-refractivity contribution is 6.12. The van der Waals surface area contributed by atoms with Gasteiger partial charge < -0.3 is 0 Å². The topological polar surface area (TPSA) is 110 Å². The molecule has 0 aromatic heterocycles. The lowest BCUT2D eigenvalue weighted by atomic mass is 10.2. The van der Waals surface area contributed by atoms with E-state index in [4.69, 9.17) is 0 Å². The van der Waals surface area contributed by atoms with E-state index >= 15 is 0 Å². The first kappa shape index (κ1) is 16.8. The summed E-state index contributed by atoms with van der Waals surface area (Å²) in [6, 6.07) is 0. The van der Waals surface area contributed by atoms with Crippen LogP contribution in [0, 0.1) is 0 Å². The van der Waals surface area contributed by atoms with E-state index in [0.29, 0.717) is 30.9 Å². The van der Waals surface area contributed by atoms with Crippen molar-refractivity contribution in [3.63, 3.8) is 0 Å². The number of imide groups is 2. The zero-order valence-corrected chi connectivity index (χ0v) is 12.4. The maximum Gasteiger partial charge on any atom is 0.345 e. The molecule has 2 rings (SSSR count). The number of rotatable bonds is 8. The molecule has 9 heteroatoms. The second-order valence-electron chi connectivity index (χ2n) is 5.08. The van der Waals surface area contributed by atoms with Crippen LogP contribution < -0.4 is 0 Å². The molecule has 0 spiro atoms. The Labute approximate surface area is 131 Å². The van der Waals surface area contributed by atoms with E-state index in [0.717, 1.165) is 4.90 Å². The van der Waals surface area contributed by atoms with E-state index in [9.17, 15) is 24.0 Å². The summed E-state index contributed by atoms with van der Waals surface area (Å²) in [5.74, 6) is -2.45. The molecule has 0 aromatic rings. The highest BCUT2D eigenvalue weighted by Gasteiger charge is 2.32. The molecule has 0 unspecified atom stereocenters. The molecule has 1 saturated heterocycles. The van der Waals surface area contributed by atoms with Crippen molar-refractivity contribution in [2.24, 2.45) is 0 Å². The fourth-order valence-corrected chi connectivity index (χ4v) is 2.13. The molecule has 2 heterocycles. The predicted octanol–water partition coefficient (Wildman–Crippen LogP) is 0.0106. The van der Waals surface area contributed by atoms with Gasteiger partial charge in [-0.2, -0.15) is 0 Å². The summed E-state index contributed by atoms with van der Waals surface area (Å²) in [4.78, 5) is 66.4. The van der Waals surface area contributed by atoms with Crippen molar-refractivity contribution in [2.45, 2.75) is 38.5 Å². The fourth-order valence-electron chi connectivity index (χ4n) is 2.13. The molecule has 0 atom stereocenters. The van der Waals surface area contributed by atoms with Gasteiger partial charge >= 0.3 is 5.97 Å². The summed E-state index contributed by atoms with van der Waals surface area (Å²) in [5.41, 5.74) is 0. The van der Waals surface area contributed by atoms with Crippen LogP contribution in [0.5, 0.6) is 0 Å². The van der Waals surface area contributed by atoms with Gasteiger partial charge in [-0.05, 0) is 17.8 Å². The van der Waals surface area contributed by atoms with Crippen LogP contribution in [0.3, 0.4) is 0 Å². The average molecular weight is 324 g/mol. The Bertz CT molecular complexity index is 535. The molecular weight excluding hydrogens is 308 g/mol. The smallest absolute Gasteiger partial charge is 0.275 e. The number of hydrogen-bond donors (Lipinski definition) is 0. The van der Waals surface area contributed by atoms with Gasteiger partial charge in [0.25, 0.3) is 23.6 Å². The molecule has 0 aliphatic carbocycles. The second kappa shape index (κ2) is 7.63. The molecule has 9 nitrogen and oxygen atoms in total. The van der Waals surface area contributed by atoms with Gasteiger partial charge in [0.1, 0.15) is 0 Å². The third kappa shape index (κ3) is 4.46. The molecule has 124 valence electrons. The van der Waals surface area contributed by atoms with E-state index in [-0.39, 0.29) is 31.1 Å². The number of nitrogens with zero attached hydrogens (tertiary/aromatic N) is 2. The van der Waals surface area contributed by atoms with E-state index in [1.54, 1.807) is 0 Å². The lowest BCUT2D eigenvalue weighted by Gasteiger charge is -2.13. The van der Waals surface area contributed by atoms with Gasteiger partial charge in [0.2, 0.25) is 0 Å². The minimum Gasteiger partial charge on any atom is -0.275 e. The van der Waals surface area contributed by atoms with Crippen molar-refractivity contribution in [3.8, 4) is 0 Å². The molecule has 0 bridgehead atoms. The van der Waals surface area contributed by atoms with Gasteiger partial charge in [0, 0.05) is 38.0 Å². The van der Waals surface area contributed by atoms with Crippen molar-refractivity contribution >= 4 is 29.6 Å². The van der Waals surface area contributed by atoms with Gasteiger partial charge in [-0.25, -0.2) is 4.79 Å². The van der Waals surface area contributed by atoms with Crippen LogP contribution in [-0.4, -0.2) is 46.1 Å². The number of hydroxylamine groups is 2. The number of carbonyl (C=O) groups is 5. The van der Waals surface area contributed by atoms with E-state index in [1.807, 2.05) is 0 Å². The van der Waals surface area contributed by atoms with Crippen LogP contribution in [0.25, 0.3) is 0 Å². The first-order valence-corrected chi connectivity index (χ1v) is 7.26. The molecule has 0 N–H and O–H groups in total. The summed E-state index contributed by atoms with van der Waals surface area (Å²) in [7, 11) is 0. The summed E-state index contributed by atoms with van der Waals surface area (Å²) in [5, 5.41) is 0.440. The monoisotopic (exact) mass is 324 g/mol. The number of hydrogen-bond acceptors (Lipinski definition) is 7. The summed E-state index contributed by atoms with van der Waals surface area (Å²) in [6.45, 7) is 0.299. The first-order chi connectivity index (χ1) is 11.0. The third-order valence-corrected chi connectivity index (χ3v) is 3.37. The van der Waals surface area contributed by atoms with Gasteiger partial charge in [-0.15, -0.1) is 5.06 Å². The Balaban J connectivity index is 1.55. The largest absolute Gasteiger partial charge is 0.345 e. The molecule has 0 radical (unpaired) electrons. The van der Waals surface area contributed by atoms with Gasteiger partial charge in [-0.3, -0.25) is 29.0 Å². The van der Waals surface area contributed by atoms with Gasteiger partial charge in [-0.1, -0.05) is 6.42 Å². The van der Waals surface area contributed by atoms with E-state index < -0.39 is 17.8 Å². The lowest BCUT2D eigenvalue weighted by molar-refractivity contribution is -0.365. The molecule has 23 heavy (non-hydrogen) atoms. The Kier molecular flexibility index (Phi) is 5.58. The average Bonchev–Trinajstić information content (AvgIpc) is 3.00. The standard InChI is InChI=1S/C14H16N2O7/c17-10-5-6-11(18)15(10)9-3-1-2-4-14(21)22-23-16-12(19)7-8-13(16)20/h5-6H,1-4,7-9H2. The molecule has 0 aromatic carbocycles. The number of amides is 4. The van der Waals surface area contributed by atoms with Gasteiger partial charge in [0.15, 0.2) is 0 Å². The Morgan fingerprint density at radius 2 is 1.57 bits per heavy atom. The third-order valence-electron chi connectivity index (χ3n) is 3.37. The van der Waals surface area contributed by atoms with Crippen LogP contribution in [0.4, 0.5) is 0 Å². The Morgan fingerprint density at radius 3 is 2.17 bits per heavy atom. The fraction of sp³-hybridized carbons (Fsp3) is 0.500. The van der Waals surface area contributed by atoms with Crippen LogP contribution in [0.1, 0.15) is 38.5 Å². The minimum absolute atomic E-state index is 0.0381. The SMILES string of the molecule is O=C(CCCCCN1C(=O)C=CC1=O)OON1C(=O)CCC1=O. The van der Waals surface area contributed by atoms with Crippen LogP contribution in [0.2, 0.25) is 0 Å². The van der Waals surface area contributed by atoms with E-state index in [2.05, 4.69) is 9.88 Å². The number of unbranched alkanes of at least 4 members (excludes halogenated alkanes) is 2. The molecule has 2 aliphatic rings. The zero-order valence-electron chi connectivity index (χ0n) is 12.4. The second-order valence-corrected chi connectivity index (χ2v) is 5.08. The van der Waals surface area contributed by atoms with Crippen molar-refractivity contribution in [3.05, 3.63) is 12.2 Å². The normalized spacial score (nSPS) is 17.6. The molecule has 4 amide bonds. The van der Waals surface area contributed by atoms with Crippen molar-refractivity contribution < 1.29 is 33.8 Å². The van der Waals surface area contributed by atoms with Crippen molar-refractivity contribution in [1.29, 1.82) is 0 Å². The summed E-state index contributed by atoms with van der Waals surface area (Å²) >= 11 is 0. The lowest BCUT2D eigenvalue weighted by Crippen LogP contribution is -2.31. The minimum atomic E-state index is -0.701. The van der Waals surface area contributed by atoms with Crippen LogP contribution in [-0.2, 0) is 33.8 Å². The van der Waals surface area contributed by atoms with Crippen molar-refractivity contribution in [1.82, 2.24) is 9.96 Å². The Hall–Kier alpha value is -2.55. The van der Waals surface area contributed by atoms with E-state index in [1.165, 1.54) is 12.2 Å². The van der Waals surface area contributed by atoms with Crippen LogP contribution >= 0.6 is 0 Å². The predicted molar refractivity (Wildman–Crippen MR) is 72.6 cm³/mol. The molecule has 2 aliphatic heterocycles. The maximum absolute atomic E-state index is 11.4. The highest BCUT2D eigenvalue weighted by Crippen LogP contribution is 2.13. The molecular formula is C14H16N2O7. The first-order valence-electron chi connectivity index (χ1n) is 7.26. The van der Waals surface area contributed by atoms with Gasteiger partial charge in [0.05, 0.1) is 0 Å². The number of carbonyl (C=O) groups excluding carboxylic acids is 5. The highest BCUT2D eigenvalue weighted by atomic mass is 17.3. The Morgan fingerprint density at radius 1 is 0.957 bits per heavy atom. The summed E-state index contributed by atoms with van der Waals surface area (Å²) in [6.07, 6.45) is 4.20. The quantitative estimate of drug-likeness (QED) is 0.268. The zero-order chi connectivity index (χ0) is 16.8. The molecule has 0 saturated carbocycles. The van der Waals surface area contributed by atoms with Crippen LogP contribution in [0.15, 0.2) is 12.2 Å². The van der Waals surface area contributed by atoms with Crippen molar-refractivity contribution in [2.75, 3.05) is 6.54 Å².